The smallest absolute Gasteiger partial charge is 0.328 e. The Labute approximate surface area is 472 Å². The molecule has 438 valence electrons. The summed E-state index contributed by atoms with van der Waals surface area (Å²) in [6, 6.07) is 8.25. The summed E-state index contributed by atoms with van der Waals surface area (Å²) in [6.07, 6.45) is 8.43. The van der Waals surface area contributed by atoms with Crippen LogP contribution in [0.3, 0.4) is 0 Å². The molecule has 12 atom stereocenters. The van der Waals surface area contributed by atoms with Crippen LogP contribution in [0.2, 0.25) is 0 Å². The summed E-state index contributed by atoms with van der Waals surface area (Å²) < 4.78 is 11.1. The molecule has 0 aromatic heterocycles. The molecule has 2 aromatic carbocycles. The Balaban J connectivity index is 0.810. The topological polar surface area (TPSA) is 292 Å². The molecule has 6 aliphatic heterocycles. The van der Waals surface area contributed by atoms with Crippen LogP contribution < -0.4 is 42.5 Å². The van der Waals surface area contributed by atoms with Crippen LogP contribution in [0, 0.1) is 16.7 Å². The molecule has 8 N–H and O–H groups in total. The lowest BCUT2D eigenvalue weighted by molar-refractivity contribution is -0.169. The van der Waals surface area contributed by atoms with Crippen molar-refractivity contribution in [2.45, 2.75) is 197 Å². The fourth-order valence-corrected chi connectivity index (χ4v) is 13.8. The van der Waals surface area contributed by atoms with Crippen LogP contribution in [0.15, 0.2) is 48.5 Å². The number of fused-ring (bicyclic) bond motifs is 4. The van der Waals surface area contributed by atoms with E-state index in [-0.39, 0.29) is 74.2 Å². The molecule has 1 aliphatic carbocycles. The highest BCUT2D eigenvalue weighted by Crippen LogP contribution is 2.69. The predicted molar refractivity (Wildman–Crippen MR) is 295 cm³/mol. The maximum atomic E-state index is 14.7. The summed E-state index contributed by atoms with van der Waals surface area (Å²) >= 11 is 0. The average molecular weight is 1120 g/mol. The number of anilines is 1. The van der Waals surface area contributed by atoms with E-state index in [0.717, 1.165) is 32.1 Å². The number of carbonyl (C=O) groups is 10. The molecule has 1 saturated carbocycles. The van der Waals surface area contributed by atoms with E-state index in [1.54, 1.807) is 80.2 Å². The van der Waals surface area contributed by atoms with E-state index < -0.39 is 94.3 Å². The van der Waals surface area contributed by atoms with Crippen LogP contribution in [-0.4, -0.2) is 150 Å². The number of rotatable bonds is 18. The van der Waals surface area contributed by atoms with Crippen molar-refractivity contribution < 1.29 is 57.4 Å². The summed E-state index contributed by atoms with van der Waals surface area (Å²) in [5.41, 5.74) is -1.76. The van der Waals surface area contributed by atoms with Crippen molar-refractivity contribution in [1.82, 2.24) is 47.0 Å². The first-order valence-electron chi connectivity index (χ1n) is 29.1. The largest absolute Gasteiger partial charge is 0.464 e. The highest BCUT2D eigenvalue weighted by molar-refractivity contribution is 6.04. The molecule has 0 radical (unpaired) electrons. The van der Waals surface area contributed by atoms with Gasteiger partial charge in [-0.1, -0.05) is 63.8 Å². The quantitative estimate of drug-likeness (QED) is 0.0996. The lowest BCUT2D eigenvalue weighted by atomic mass is 9.63. The number of nitrogens with zero attached hydrogens (tertiary/aromatic N) is 2. The molecule has 12 unspecified atom stereocenters. The Morgan fingerprint density at radius 2 is 1.22 bits per heavy atom. The first-order valence-corrected chi connectivity index (χ1v) is 29.1. The first-order chi connectivity index (χ1) is 38.7. The van der Waals surface area contributed by atoms with E-state index in [9.17, 15) is 47.9 Å². The summed E-state index contributed by atoms with van der Waals surface area (Å²) in [4.78, 5) is 140. The molecular weight excluding hydrogens is 1040 g/mol. The van der Waals surface area contributed by atoms with Crippen LogP contribution >= 0.6 is 0 Å². The Morgan fingerprint density at radius 3 is 1.79 bits per heavy atom. The fraction of sp³-hybridized carbons (Fsp3) is 0.627. The molecule has 81 heavy (non-hydrogen) atoms. The van der Waals surface area contributed by atoms with Gasteiger partial charge in [-0.05, 0) is 127 Å². The van der Waals surface area contributed by atoms with Crippen molar-refractivity contribution in [3.05, 3.63) is 65.2 Å². The molecule has 6 saturated heterocycles. The lowest BCUT2D eigenvalue weighted by Crippen LogP contribution is -2.58. The number of hydrogen-bond acceptors (Lipinski definition) is 14. The van der Waals surface area contributed by atoms with Gasteiger partial charge >= 0.3 is 11.9 Å². The Morgan fingerprint density at radius 1 is 0.654 bits per heavy atom. The number of likely N-dealkylation sites (N-methyl/N-ethyl adjacent to an activating group) is 2. The normalized spacial score (nSPS) is 30.2. The predicted octanol–water partition coefficient (Wildman–Crippen LogP) is 2.37. The zero-order chi connectivity index (χ0) is 58.0. The third-order valence-electron chi connectivity index (χ3n) is 19.2. The number of cyclic esters (lactones) is 1. The standard InChI is InChI=1S/C59H80N10O12/c1-33(60-5)47(70)65-41-19-9-7-17-39-21-24-46(68(39)52(41)75)51(74)63-32-35-14-12-16-38(28-35)64-55(78)59-30-37(58(4,56(79)81-59)57(59,2)3)29-44(61-6)49(72)66-42-20-10-8-18-40-22-23-45(69(40)53(42)76)50(73)62-31-34-13-11-15-36(27-34)48(71)67-43-25-26-80-54(43)77/h11-16,27-28,33,37,39-46,60-61H,7-10,17-26,29-32H2,1-6H3,(H,62,73)(H,63,74)(H,64,78)(H,65,70)(H,66,72)(H,67,71). The summed E-state index contributed by atoms with van der Waals surface area (Å²) in [6.45, 7) is 7.62. The maximum absolute atomic E-state index is 14.7. The van der Waals surface area contributed by atoms with Crippen molar-refractivity contribution in [2.75, 3.05) is 26.0 Å². The number of carbonyl (C=O) groups excluding carboxylic acids is 10. The second kappa shape index (κ2) is 24.3. The molecule has 0 spiro atoms. The highest BCUT2D eigenvalue weighted by atomic mass is 16.6. The molecular formula is C59H80N10O12. The van der Waals surface area contributed by atoms with Gasteiger partial charge < -0.3 is 61.8 Å². The molecule has 9 rings (SSSR count). The molecule has 2 aromatic rings. The van der Waals surface area contributed by atoms with Gasteiger partial charge in [-0.3, -0.25) is 43.2 Å². The maximum Gasteiger partial charge on any atom is 0.328 e. The van der Waals surface area contributed by atoms with Gasteiger partial charge in [0.1, 0.15) is 30.2 Å². The van der Waals surface area contributed by atoms with Crippen LogP contribution in [0.4, 0.5) is 5.69 Å². The zero-order valence-corrected chi connectivity index (χ0v) is 47.4. The minimum Gasteiger partial charge on any atom is -0.464 e. The van der Waals surface area contributed by atoms with E-state index in [4.69, 9.17) is 9.47 Å². The lowest BCUT2D eigenvalue weighted by Gasteiger charge is -2.37. The second-order valence-electron chi connectivity index (χ2n) is 24.0. The summed E-state index contributed by atoms with van der Waals surface area (Å²) in [5, 5.41) is 23.6. The minimum atomic E-state index is -1.61. The van der Waals surface area contributed by atoms with Crippen LogP contribution in [0.25, 0.3) is 0 Å². The Kier molecular flexibility index (Phi) is 17.6. The van der Waals surface area contributed by atoms with E-state index >= 15 is 0 Å². The molecule has 7 fully saturated rings. The summed E-state index contributed by atoms with van der Waals surface area (Å²) in [5.74, 6) is -4.46. The van der Waals surface area contributed by atoms with Gasteiger partial charge in [-0.15, -0.1) is 0 Å². The van der Waals surface area contributed by atoms with Crippen molar-refractivity contribution in [3.63, 3.8) is 0 Å². The van der Waals surface area contributed by atoms with Crippen molar-refractivity contribution in [3.8, 4) is 0 Å². The number of hydrogen-bond donors (Lipinski definition) is 8. The van der Waals surface area contributed by atoms with Gasteiger partial charge in [0.15, 0.2) is 5.60 Å². The van der Waals surface area contributed by atoms with E-state index in [2.05, 4.69) is 42.5 Å². The van der Waals surface area contributed by atoms with Gasteiger partial charge in [-0.2, -0.15) is 0 Å². The van der Waals surface area contributed by atoms with Gasteiger partial charge in [0.05, 0.1) is 24.1 Å². The highest BCUT2D eigenvalue weighted by Gasteiger charge is 2.79. The Hall–Kier alpha value is -6.94. The van der Waals surface area contributed by atoms with Gasteiger partial charge in [0, 0.05) is 54.7 Å². The number of nitrogens with one attached hydrogen (secondary N) is 8. The third-order valence-corrected chi connectivity index (χ3v) is 19.2. The minimum absolute atomic E-state index is 0.0926. The van der Waals surface area contributed by atoms with Gasteiger partial charge in [-0.25, -0.2) is 4.79 Å². The van der Waals surface area contributed by atoms with Crippen molar-refractivity contribution in [1.29, 1.82) is 0 Å². The third kappa shape index (κ3) is 11.5. The molecule has 8 amide bonds. The number of ether oxygens (including phenoxy) is 2. The molecule has 7 aliphatic rings. The van der Waals surface area contributed by atoms with Crippen LogP contribution in [0.5, 0.6) is 0 Å². The number of amides is 8. The van der Waals surface area contributed by atoms with Crippen LogP contribution in [-0.2, 0) is 65.7 Å². The van der Waals surface area contributed by atoms with E-state index in [0.29, 0.717) is 73.7 Å². The average Bonchev–Trinajstić information content (AvgIpc) is 3.53. The first kappa shape index (κ1) is 58.7. The van der Waals surface area contributed by atoms with Gasteiger partial charge in [0.25, 0.3) is 11.8 Å². The zero-order valence-electron chi connectivity index (χ0n) is 47.4. The monoisotopic (exact) mass is 1120 g/mol. The Bertz CT molecular complexity index is 2810. The number of benzene rings is 2. The summed E-state index contributed by atoms with van der Waals surface area (Å²) in [7, 11) is 3.31. The molecule has 22 nitrogen and oxygen atoms in total. The van der Waals surface area contributed by atoms with E-state index in [1.165, 1.54) is 0 Å². The van der Waals surface area contributed by atoms with Gasteiger partial charge in [0.2, 0.25) is 35.4 Å². The van der Waals surface area contributed by atoms with E-state index in [1.807, 2.05) is 19.9 Å². The number of esters is 2. The fourth-order valence-electron chi connectivity index (χ4n) is 13.8. The molecule has 2 bridgehead atoms. The molecule has 22 heteroatoms. The second-order valence-corrected chi connectivity index (χ2v) is 24.0. The SMILES string of the molecule is CNC(C)C(=O)NC1CCCCC2CCC(C(=O)NCc3cccc(NC(=O)C45CC(CC(NC)C(=O)NC6CCCCC7CCC(C(=O)NCc8cccc(C(=O)NC9CCOC9=O)c8)N7C6=O)C(C)(C(=O)O4)C5(C)C)c3)N2C1=O. The van der Waals surface area contributed by atoms with Crippen molar-refractivity contribution in [2.24, 2.45) is 16.7 Å². The van der Waals surface area contributed by atoms with Crippen LogP contribution in [0.1, 0.15) is 145 Å². The molecule has 6 heterocycles. The van der Waals surface area contributed by atoms with Crippen molar-refractivity contribution >= 4 is 64.9 Å².